The molecule has 0 aromatic carbocycles. The molecular formula is C38H66N4O6. The van der Waals surface area contributed by atoms with Gasteiger partial charge in [0.2, 0.25) is 11.8 Å². The number of Topliss-reactive ketones (excluding diaryl/α,β-unsaturated/α-hetero) is 2. The van der Waals surface area contributed by atoms with Crippen molar-refractivity contribution in [1.82, 2.24) is 19.8 Å². The number of hydrogen-bond acceptors (Lipinski definition) is 7. The van der Waals surface area contributed by atoms with Gasteiger partial charge in [0.1, 0.15) is 17.4 Å². The van der Waals surface area contributed by atoms with E-state index in [4.69, 9.17) is 9.47 Å². The number of likely N-dealkylation sites (N-methyl/N-ethyl adjacent to an activating group) is 1. The molecule has 0 saturated carbocycles. The van der Waals surface area contributed by atoms with E-state index >= 15 is 0 Å². The van der Waals surface area contributed by atoms with Crippen molar-refractivity contribution in [3.63, 3.8) is 0 Å². The highest BCUT2D eigenvalue weighted by Gasteiger charge is 2.42. The van der Waals surface area contributed by atoms with E-state index in [9.17, 15) is 19.2 Å². The number of carbonyl (C=O) groups is 4. The summed E-state index contributed by atoms with van der Waals surface area (Å²) in [4.78, 5) is 65.7. The molecular weight excluding hydrogens is 608 g/mol. The number of carbonyl (C=O) groups excluding carboxylic acids is 4. The first-order valence-electron chi connectivity index (χ1n) is 18.4. The van der Waals surface area contributed by atoms with Gasteiger partial charge in [0.15, 0.2) is 0 Å². The summed E-state index contributed by atoms with van der Waals surface area (Å²) in [5.41, 5.74) is 0. The van der Waals surface area contributed by atoms with Gasteiger partial charge in [-0.2, -0.15) is 0 Å². The predicted molar refractivity (Wildman–Crippen MR) is 189 cm³/mol. The lowest BCUT2D eigenvalue weighted by Gasteiger charge is -2.41. The van der Waals surface area contributed by atoms with Crippen LogP contribution in [0.25, 0.3) is 0 Å². The summed E-state index contributed by atoms with van der Waals surface area (Å²) in [6.45, 7) is 16.8. The fraction of sp³-hybridized carbons (Fsp3) is 0.816. The predicted octanol–water partition coefficient (Wildman–Crippen LogP) is 6.14. The Morgan fingerprint density at radius 3 is 2.15 bits per heavy atom. The van der Waals surface area contributed by atoms with E-state index in [2.05, 4.69) is 37.7 Å². The maximum atomic E-state index is 14.2. The number of ketones is 2. The molecule has 10 heteroatoms. The summed E-state index contributed by atoms with van der Waals surface area (Å²) in [5, 5.41) is 0. The van der Waals surface area contributed by atoms with Crippen molar-refractivity contribution >= 4 is 23.4 Å². The molecule has 1 aliphatic rings. The van der Waals surface area contributed by atoms with Gasteiger partial charge in [-0.1, -0.05) is 61.8 Å². The van der Waals surface area contributed by atoms with E-state index in [1.165, 1.54) is 0 Å². The molecule has 0 aliphatic carbocycles. The summed E-state index contributed by atoms with van der Waals surface area (Å²) >= 11 is 0. The SMILES string of the molecule is CC[C@H](C(=O)C[C@H](C(=O)N(C)[C@@H]([C@@H](C)CC)[C@@H](CC(=O)N1CCC[C@H]1[C@H](OC)[C@@H](C)C(=O)CCCc1ncc[nH]1)OC)C(C)C)C(C)C. The average molecular weight is 675 g/mol. The van der Waals surface area contributed by atoms with Crippen LogP contribution in [0.4, 0.5) is 0 Å². The lowest BCUT2D eigenvalue weighted by Crippen LogP contribution is -2.54. The van der Waals surface area contributed by atoms with Crippen LogP contribution in [0.15, 0.2) is 12.4 Å². The molecule has 0 spiro atoms. The van der Waals surface area contributed by atoms with Crippen LogP contribution >= 0.6 is 0 Å². The fourth-order valence-electron chi connectivity index (χ4n) is 7.74. The van der Waals surface area contributed by atoms with Gasteiger partial charge in [0.05, 0.1) is 30.7 Å². The van der Waals surface area contributed by atoms with E-state index in [0.29, 0.717) is 25.8 Å². The van der Waals surface area contributed by atoms with Crippen LogP contribution in [-0.4, -0.2) is 95.3 Å². The maximum Gasteiger partial charge on any atom is 0.226 e. The van der Waals surface area contributed by atoms with E-state index < -0.39 is 18.1 Å². The summed E-state index contributed by atoms with van der Waals surface area (Å²) in [5.74, 6) is 0.387. The van der Waals surface area contributed by atoms with Crippen LogP contribution in [0.1, 0.15) is 113 Å². The number of nitrogens with zero attached hydrogens (tertiary/aromatic N) is 3. The van der Waals surface area contributed by atoms with Crippen LogP contribution in [0.2, 0.25) is 0 Å². The zero-order valence-corrected chi connectivity index (χ0v) is 31.8. The highest BCUT2D eigenvalue weighted by Crippen LogP contribution is 2.31. The maximum absolute atomic E-state index is 14.2. The minimum atomic E-state index is -0.535. The van der Waals surface area contributed by atoms with Crippen molar-refractivity contribution in [3.05, 3.63) is 18.2 Å². The van der Waals surface area contributed by atoms with Crippen molar-refractivity contribution < 1.29 is 28.7 Å². The molecule has 2 heterocycles. The Bertz CT molecular complexity index is 1140. The molecule has 10 nitrogen and oxygen atoms in total. The lowest BCUT2D eigenvalue weighted by atomic mass is 9.80. The topological polar surface area (TPSA) is 122 Å². The van der Waals surface area contributed by atoms with Crippen molar-refractivity contribution in [2.75, 3.05) is 27.8 Å². The highest BCUT2D eigenvalue weighted by atomic mass is 16.5. The second-order valence-corrected chi connectivity index (χ2v) is 14.7. The summed E-state index contributed by atoms with van der Waals surface area (Å²) in [6, 6.07) is -0.567. The Morgan fingerprint density at radius 2 is 1.62 bits per heavy atom. The van der Waals surface area contributed by atoms with Crippen LogP contribution in [0.5, 0.6) is 0 Å². The minimum absolute atomic E-state index is 0.0139. The third-order valence-electron chi connectivity index (χ3n) is 10.9. The normalized spacial score (nSPS) is 19.5. The number of ether oxygens (including phenoxy) is 2. The second-order valence-electron chi connectivity index (χ2n) is 14.7. The van der Waals surface area contributed by atoms with Gasteiger partial charge in [-0.05, 0) is 43.4 Å². The molecule has 8 atom stereocenters. The number of hydrogen-bond donors (Lipinski definition) is 1. The molecule has 1 fully saturated rings. The molecule has 1 saturated heterocycles. The first-order chi connectivity index (χ1) is 22.7. The summed E-state index contributed by atoms with van der Waals surface area (Å²) in [7, 11) is 5.02. The van der Waals surface area contributed by atoms with Crippen LogP contribution in [-0.2, 0) is 35.1 Å². The summed E-state index contributed by atoms with van der Waals surface area (Å²) < 4.78 is 12.0. The Hall–Kier alpha value is -2.59. The van der Waals surface area contributed by atoms with Gasteiger partial charge in [-0.15, -0.1) is 0 Å². The highest BCUT2D eigenvalue weighted by molar-refractivity contribution is 5.88. The smallest absolute Gasteiger partial charge is 0.226 e. The number of rotatable bonds is 22. The standard InChI is InChI=1S/C38H66N4O6/c1-12-26(7)36(41(9)38(46)29(25(5)6)22-32(44)28(13-2)24(3)4)33(47-10)23-35(45)42-21-15-16-30(42)37(48-11)27(8)31(43)17-14-18-34-39-19-20-40-34/h19-20,24-30,33,36-37H,12-18,21-23H2,1-11H3,(H,39,40)/t26-,27-,28-,29-,30-,33+,36-,37+/m0/s1. The molecule has 48 heavy (non-hydrogen) atoms. The van der Waals surface area contributed by atoms with Crippen LogP contribution in [0.3, 0.4) is 0 Å². The number of H-pyrrole nitrogens is 1. The number of aryl methyl sites for hydroxylation is 1. The van der Waals surface area contributed by atoms with Crippen molar-refractivity contribution in [2.24, 2.45) is 35.5 Å². The Balaban J connectivity index is 2.20. The zero-order valence-electron chi connectivity index (χ0n) is 31.8. The quantitative estimate of drug-likeness (QED) is 0.157. The number of nitrogens with one attached hydrogen (secondary N) is 1. The number of imidazole rings is 1. The van der Waals surface area contributed by atoms with Gasteiger partial charge >= 0.3 is 0 Å². The summed E-state index contributed by atoms with van der Waals surface area (Å²) in [6.07, 6.45) is 7.84. The van der Waals surface area contributed by atoms with Gasteiger partial charge in [0.25, 0.3) is 0 Å². The van der Waals surface area contributed by atoms with Gasteiger partial charge in [0, 0.05) is 77.2 Å². The third kappa shape index (κ3) is 11.0. The minimum Gasteiger partial charge on any atom is -0.379 e. The fourth-order valence-corrected chi connectivity index (χ4v) is 7.74. The van der Waals surface area contributed by atoms with Gasteiger partial charge < -0.3 is 24.3 Å². The first-order valence-corrected chi connectivity index (χ1v) is 18.4. The van der Waals surface area contributed by atoms with Crippen LogP contribution in [0, 0.1) is 35.5 Å². The molecule has 0 unspecified atom stereocenters. The van der Waals surface area contributed by atoms with Gasteiger partial charge in [-0.25, -0.2) is 4.98 Å². The number of aromatic nitrogens is 2. The van der Waals surface area contributed by atoms with Crippen molar-refractivity contribution in [3.8, 4) is 0 Å². The largest absolute Gasteiger partial charge is 0.379 e. The molecule has 2 rings (SSSR count). The Morgan fingerprint density at radius 1 is 0.958 bits per heavy atom. The van der Waals surface area contributed by atoms with E-state index in [-0.39, 0.29) is 77.9 Å². The molecule has 0 radical (unpaired) electrons. The van der Waals surface area contributed by atoms with E-state index in [0.717, 1.165) is 31.5 Å². The second kappa shape index (κ2) is 20.2. The van der Waals surface area contributed by atoms with Crippen molar-refractivity contribution in [1.29, 1.82) is 0 Å². The number of aromatic amines is 1. The van der Waals surface area contributed by atoms with Crippen molar-refractivity contribution in [2.45, 2.75) is 137 Å². The molecule has 1 N–H and O–H groups in total. The van der Waals surface area contributed by atoms with Gasteiger partial charge in [-0.3, -0.25) is 19.2 Å². The lowest BCUT2D eigenvalue weighted by molar-refractivity contribution is -0.149. The Kier molecular flexibility index (Phi) is 17.5. The van der Waals surface area contributed by atoms with E-state index in [1.54, 1.807) is 38.6 Å². The molecule has 2 amide bonds. The number of amides is 2. The number of likely N-dealkylation sites (tertiary alicyclic amines) is 1. The number of methoxy groups -OCH3 is 2. The zero-order chi connectivity index (χ0) is 36.1. The van der Waals surface area contributed by atoms with Crippen LogP contribution < -0.4 is 0 Å². The third-order valence-corrected chi connectivity index (χ3v) is 10.9. The first kappa shape index (κ1) is 41.6. The molecule has 274 valence electrons. The van der Waals surface area contributed by atoms with E-state index in [1.807, 2.05) is 32.6 Å². The molecule has 0 bridgehead atoms. The monoisotopic (exact) mass is 674 g/mol. The molecule has 1 aliphatic heterocycles. The Labute approximate surface area is 290 Å². The molecule has 1 aromatic rings. The average Bonchev–Trinajstić information content (AvgIpc) is 3.76. The molecule has 1 aromatic heterocycles.